The number of ketones is 3. The number of fused-ring (bicyclic) bond motifs is 3. The van der Waals surface area contributed by atoms with Crippen molar-refractivity contribution in [1.82, 2.24) is 29.3 Å². The number of halogens is 3. The van der Waals surface area contributed by atoms with Gasteiger partial charge in [0.15, 0.2) is 35.5 Å². The quantitative estimate of drug-likeness (QED) is 0.0157. The molecule has 122 heavy (non-hydrogen) atoms. The maximum atomic E-state index is 13.3. The van der Waals surface area contributed by atoms with E-state index in [1.54, 1.807) is 36.8 Å². The van der Waals surface area contributed by atoms with E-state index >= 15 is 0 Å². The van der Waals surface area contributed by atoms with Crippen LogP contribution in [0.15, 0.2) is 128 Å². The van der Waals surface area contributed by atoms with E-state index in [0.717, 1.165) is 90.6 Å². The minimum atomic E-state index is -3.58. The number of sulfonamides is 1. The van der Waals surface area contributed by atoms with Crippen LogP contribution in [0.5, 0.6) is 0 Å². The summed E-state index contributed by atoms with van der Waals surface area (Å²) >= 11 is 19.0. The highest BCUT2D eigenvalue weighted by atomic mass is 35.5. The number of carbonyl (C=O) groups is 8. The van der Waals surface area contributed by atoms with Crippen LogP contribution in [0.4, 0.5) is 22.7 Å². The van der Waals surface area contributed by atoms with Gasteiger partial charge in [-0.3, -0.25) is 33.5 Å². The molecule has 0 aliphatic rings. The Hall–Kier alpha value is -9.29. The molecule has 0 radical (unpaired) electrons. The molecule has 0 saturated carbocycles. The van der Waals surface area contributed by atoms with Crippen LogP contribution in [0.3, 0.4) is 0 Å². The molecule has 0 saturated heterocycles. The Morgan fingerprint density at radius 1 is 0.352 bits per heavy atom. The van der Waals surface area contributed by atoms with E-state index in [-0.39, 0.29) is 66.3 Å². The molecule has 3 atom stereocenters. The minimum absolute atomic E-state index is 0.0214. The van der Waals surface area contributed by atoms with Gasteiger partial charge < -0.3 is 25.4 Å². The summed E-state index contributed by atoms with van der Waals surface area (Å²) in [5, 5.41) is 24.2. The third-order valence-corrected chi connectivity index (χ3v) is 23.9. The summed E-state index contributed by atoms with van der Waals surface area (Å²) in [5.74, 6) is -3.87. The van der Waals surface area contributed by atoms with Gasteiger partial charge in [-0.15, -0.1) is 0 Å². The number of aryl methyl sites for hydroxylation is 3. The number of hydrogen-bond donors (Lipinski definition) is 4. The second kappa shape index (κ2) is 53.7. The van der Waals surface area contributed by atoms with Gasteiger partial charge in [-0.2, -0.15) is 15.3 Å². The predicted molar refractivity (Wildman–Crippen MR) is 495 cm³/mol. The van der Waals surface area contributed by atoms with Gasteiger partial charge in [0.2, 0.25) is 10.0 Å². The molecule has 0 spiro atoms. The highest BCUT2D eigenvalue weighted by Crippen LogP contribution is 2.33. The van der Waals surface area contributed by atoms with Gasteiger partial charge >= 0.3 is 11.9 Å². The van der Waals surface area contributed by atoms with Gasteiger partial charge in [-0.1, -0.05) is 290 Å². The standard InChI is InChI=1S/C34H49ClN4O4S.2C31H40ClN3O4/c1-4-5-6-7-8-9-10-11-12-13-14-15-16-17-22-44(42,43)38-29-19-20-30(35)31(24-29)37-34(41)33(27(3)40)39-32-21-18-26(2)23-28(32)25-36-39;1-4-5-6-7-8-9-10-11-12-13-18-39-31(38)24-15-16-26(32)27(20-24)34-30(37)29(23(3)36)35-28-17-14-22(2)19-25(28)21-33-35;1-4-5-6-7-8-9-10-11-12-13-18-39-31(38)24-16-17-26(32)27(20-24)34-30(37)29(23(3)36)35-28-19-22(2)14-15-25(28)21-33-35/h18-21,23-25,33,38H,4-17,22H2,1-3H3,(H,37,41);2*14-17,19-21,29H,4-13,18H2,1-3H3,(H,34,37). The Morgan fingerprint density at radius 2 is 0.656 bits per heavy atom. The van der Waals surface area contributed by atoms with Crippen molar-refractivity contribution < 1.29 is 56.2 Å². The second-order valence-corrected chi connectivity index (χ2v) is 35.3. The fraction of sp³-hybridized carbons (Fsp3) is 0.510. The molecule has 4 N–H and O–H groups in total. The molecule has 662 valence electrons. The normalized spacial score (nSPS) is 12.1. The van der Waals surface area contributed by atoms with Crippen molar-refractivity contribution in [3.05, 3.63) is 171 Å². The van der Waals surface area contributed by atoms with Crippen molar-refractivity contribution in [1.29, 1.82) is 0 Å². The third kappa shape index (κ3) is 33.4. The number of Topliss-reactive ketones (excluding diaryl/α,β-unsaturated/α-hetero) is 3. The Morgan fingerprint density at radius 3 is 1.02 bits per heavy atom. The lowest BCUT2D eigenvalue weighted by atomic mass is 10.0. The third-order valence-electron chi connectivity index (χ3n) is 21.5. The Kier molecular flexibility index (Phi) is 43.9. The molecule has 0 aliphatic carbocycles. The summed E-state index contributed by atoms with van der Waals surface area (Å²) in [6.07, 6.45) is 45.7. The van der Waals surface area contributed by atoms with E-state index in [2.05, 4.69) is 56.7 Å². The highest BCUT2D eigenvalue weighted by Gasteiger charge is 2.32. The summed E-state index contributed by atoms with van der Waals surface area (Å²) < 4.78 is 43.2. The molecule has 9 rings (SSSR count). The van der Waals surface area contributed by atoms with E-state index in [0.29, 0.717) is 36.2 Å². The fourth-order valence-electron chi connectivity index (χ4n) is 14.7. The number of aromatic nitrogens is 6. The van der Waals surface area contributed by atoms with Crippen LogP contribution in [0, 0.1) is 20.8 Å². The van der Waals surface area contributed by atoms with Gasteiger partial charge in [0, 0.05) is 16.2 Å². The number of benzene rings is 6. The first kappa shape index (κ1) is 99.8. The molecule has 6 aromatic carbocycles. The zero-order valence-electron chi connectivity index (χ0n) is 73.1. The average Bonchev–Trinajstić information content (AvgIpc) is 1.65. The molecule has 3 amide bonds. The lowest BCUT2D eigenvalue weighted by Crippen LogP contribution is -2.32. The number of nitrogens with one attached hydrogen (secondary N) is 4. The summed E-state index contributed by atoms with van der Waals surface area (Å²) in [7, 11) is -3.58. The molecule has 26 heteroatoms. The summed E-state index contributed by atoms with van der Waals surface area (Å²) in [5.41, 5.74) is 6.59. The topological polar surface area (TPSA) is 291 Å². The Bertz CT molecular complexity index is 4980. The van der Waals surface area contributed by atoms with E-state index in [1.165, 1.54) is 225 Å². The summed E-state index contributed by atoms with van der Waals surface area (Å²) in [6.45, 7) is 17.3. The smallest absolute Gasteiger partial charge is 0.338 e. The molecule has 0 bridgehead atoms. The summed E-state index contributed by atoms with van der Waals surface area (Å²) in [6, 6.07) is 27.1. The van der Waals surface area contributed by atoms with Crippen molar-refractivity contribution in [2.24, 2.45) is 0 Å². The van der Waals surface area contributed by atoms with Crippen LogP contribution in [0.2, 0.25) is 15.1 Å². The maximum absolute atomic E-state index is 13.3. The monoisotopic (exact) mass is 1750 g/mol. The van der Waals surface area contributed by atoms with Crippen LogP contribution in [0.1, 0.15) is 315 Å². The first-order valence-electron chi connectivity index (χ1n) is 44.2. The molecule has 3 aromatic heterocycles. The van der Waals surface area contributed by atoms with Crippen molar-refractivity contribution in [3.63, 3.8) is 0 Å². The largest absolute Gasteiger partial charge is 0.462 e. The number of amides is 3. The number of esters is 2. The predicted octanol–water partition coefficient (Wildman–Crippen LogP) is 24.7. The lowest BCUT2D eigenvalue weighted by molar-refractivity contribution is -0.130. The first-order chi connectivity index (χ1) is 58.7. The zero-order valence-corrected chi connectivity index (χ0v) is 76.2. The van der Waals surface area contributed by atoms with Gasteiger partial charge in [0.05, 0.1) is 103 Å². The number of anilines is 4. The zero-order chi connectivity index (χ0) is 88.4. The Labute approximate surface area is 737 Å². The van der Waals surface area contributed by atoms with Gasteiger partial charge in [-0.25, -0.2) is 32.1 Å². The van der Waals surface area contributed by atoms with Crippen molar-refractivity contribution in [2.75, 3.05) is 39.6 Å². The van der Waals surface area contributed by atoms with Crippen molar-refractivity contribution >= 4 is 147 Å². The molecule has 3 unspecified atom stereocenters. The fourth-order valence-corrected chi connectivity index (χ4v) is 16.4. The molecule has 0 fully saturated rings. The van der Waals surface area contributed by atoms with Crippen LogP contribution in [-0.4, -0.2) is 104 Å². The van der Waals surface area contributed by atoms with Crippen LogP contribution >= 0.6 is 34.8 Å². The molecule has 0 aliphatic heterocycles. The average molecular weight is 1750 g/mol. The number of carbonyl (C=O) groups excluding carboxylic acids is 8. The lowest BCUT2D eigenvalue weighted by Gasteiger charge is -2.17. The van der Waals surface area contributed by atoms with E-state index in [4.69, 9.17) is 44.3 Å². The number of unbranched alkanes of at least 4 members (excludes halogenated alkanes) is 31. The molecule has 3 heterocycles. The van der Waals surface area contributed by atoms with Crippen molar-refractivity contribution in [3.8, 4) is 0 Å². The Balaban J connectivity index is 0.000000252. The van der Waals surface area contributed by atoms with Crippen LogP contribution < -0.4 is 20.7 Å². The number of ether oxygens (including phenoxy) is 2. The first-order valence-corrected chi connectivity index (χ1v) is 47.0. The van der Waals surface area contributed by atoms with Gasteiger partial charge in [0.25, 0.3) is 17.7 Å². The maximum Gasteiger partial charge on any atom is 0.338 e. The minimum Gasteiger partial charge on any atom is -0.462 e. The number of rotatable bonds is 53. The van der Waals surface area contributed by atoms with E-state index in [9.17, 15) is 46.8 Å². The molecular formula is C96H129Cl3N10O12S. The van der Waals surface area contributed by atoms with Crippen molar-refractivity contribution in [2.45, 2.75) is 299 Å². The number of nitrogens with zero attached hydrogens (tertiary/aromatic N) is 6. The SMILES string of the molecule is CCCCCCCCCCCCCCCCS(=O)(=O)Nc1ccc(Cl)c(NC(=O)C(C(C)=O)n2ncc3cc(C)ccc32)c1.CCCCCCCCCCCCOC(=O)c1ccc(Cl)c(NC(=O)C(C(C)=O)n2ncc3cc(C)ccc32)c1.CCCCCCCCCCCCOC(=O)c1ccc(Cl)c(NC(=O)C(C(C)=O)n2ncc3ccc(C)cc32)c1. The highest BCUT2D eigenvalue weighted by molar-refractivity contribution is 7.92. The molecule has 9 aromatic rings. The van der Waals surface area contributed by atoms with Crippen LogP contribution in [0.25, 0.3) is 32.7 Å². The second-order valence-electron chi connectivity index (χ2n) is 32.2. The molecule has 22 nitrogen and oxygen atoms in total. The van der Waals surface area contributed by atoms with Gasteiger partial charge in [-0.05, 0) is 151 Å². The van der Waals surface area contributed by atoms with Crippen LogP contribution in [-0.2, 0) is 48.3 Å². The molecular weight excluding hydrogens is 1620 g/mol. The van der Waals surface area contributed by atoms with E-state index in [1.807, 2.05) is 75.4 Å². The summed E-state index contributed by atoms with van der Waals surface area (Å²) in [4.78, 5) is 103. The van der Waals surface area contributed by atoms with E-state index < -0.39 is 63.6 Å². The number of hydrogen-bond acceptors (Lipinski definition) is 15. The van der Waals surface area contributed by atoms with Gasteiger partial charge in [0.1, 0.15) is 0 Å².